The molecule has 0 amide bonds. The van der Waals surface area contributed by atoms with Gasteiger partial charge in [0, 0.05) is 19.3 Å². The molecule has 6 nitrogen and oxygen atoms in total. The van der Waals surface area contributed by atoms with Gasteiger partial charge in [0.25, 0.3) is 0 Å². The van der Waals surface area contributed by atoms with Crippen LogP contribution in [-0.4, -0.2) is 37.2 Å². The Hall–Kier alpha value is -3.15. The molecule has 0 saturated carbocycles. The van der Waals surface area contributed by atoms with Crippen LogP contribution < -0.4 is 0 Å². The topological polar surface area (TPSA) is 78.9 Å². The molecule has 0 aromatic heterocycles. The Bertz CT molecular complexity index is 1360. The van der Waals surface area contributed by atoms with E-state index in [1.807, 2.05) is 0 Å². The SMILES string of the molecule is CCC/C=C\C/C=C\CCCCCCCC(=O)OC(COC(=O)CCCCCCC/C=C\CCCCCC)COC(=O)CCCCCCCCCCCCCCCC/C=C\C/C=C\C/C=C\CCCCCCC. The van der Waals surface area contributed by atoms with Gasteiger partial charge >= 0.3 is 17.9 Å². The van der Waals surface area contributed by atoms with E-state index in [0.29, 0.717) is 19.3 Å². The molecule has 0 aliphatic carbocycles. The molecule has 0 aromatic carbocycles. The maximum absolute atomic E-state index is 12.8. The zero-order valence-corrected chi connectivity index (χ0v) is 48.4. The molecule has 0 N–H and O–H groups in total. The van der Waals surface area contributed by atoms with Gasteiger partial charge in [-0.25, -0.2) is 0 Å². The van der Waals surface area contributed by atoms with Crippen LogP contribution in [0.3, 0.4) is 0 Å². The summed E-state index contributed by atoms with van der Waals surface area (Å²) in [5.41, 5.74) is 0. The summed E-state index contributed by atoms with van der Waals surface area (Å²) in [4.78, 5) is 38.2. The molecular weight excluding hydrogens is 901 g/mol. The third-order valence-electron chi connectivity index (χ3n) is 13.6. The molecule has 1 unspecified atom stereocenters. The van der Waals surface area contributed by atoms with Gasteiger partial charge in [-0.15, -0.1) is 0 Å². The van der Waals surface area contributed by atoms with Crippen molar-refractivity contribution in [1.82, 2.24) is 0 Å². The van der Waals surface area contributed by atoms with E-state index < -0.39 is 6.10 Å². The van der Waals surface area contributed by atoms with Crippen molar-refractivity contribution in [2.24, 2.45) is 0 Å². The zero-order valence-electron chi connectivity index (χ0n) is 48.4. The average Bonchev–Trinajstić information content (AvgIpc) is 3.39. The van der Waals surface area contributed by atoms with Gasteiger partial charge in [0.1, 0.15) is 13.2 Å². The molecule has 0 aromatic rings. The van der Waals surface area contributed by atoms with Crippen molar-refractivity contribution in [3.8, 4) is 0 Å². The normalized spacial score (nSPS) is 12.5. The number of hydrogen-bond acceptors (Lipinski definition) is 6. The summed E-state index contributed by atoms with van der Waals surface area (Å²) >= 11 is 0. The van der Waals surface area contributed by atoms with Crippen molar-refractivity contribution in [2.75, 3.05) is 13.2 Å². The minimum absolute atomic E-state index is 0.0825. The van der Waals surface area contributed by atoms with Crippen LogP contribution >= 0.6 is 0 Å². The molecule has 0 radical (unpaired) electrons. The fourth-order valence-corrected chi connectivity index (χ4v) is 8.90. The summed E-state index contributed by atoms with van der Waals surface area (Å²) in [6, 6.07) is 0. The summed E-state index contributed by atoms with van der Waals surface area (Å²) in [6.07, 6.45) is 79.1. The first-order valence-corrected chi connectivity index (χ1v) is 31.4. The van der Waals surface area contributed by atoms with Crippen molar-refractivity contribution in [3.63, 3.8) is 0 Å². The molecular formula is C67H118O6. The molecule has 0 saturated heterocycles. The minimum atomic E-state index is -0.785. The van der Waals surface area contributed by atoms with Crippen molar-refractivity contribution in [1.29, 1.82) is 0 Å². The molecule has 6 heteroatoms. The first-order valence-electron chi connectivity index (χ1n) is 31.4. The van der Waals surface area contributed by atoms with Crippen LogP contribution in [0, 0.1) is 0 Å². The number of esters is 3. The Kier molecular flexibility index (Phi) is 58.7. The predicted molar refractivity (Wildman–Crippen MR) is 316 cm³/mol. The number of ether oxygens (including phenoxy) is 3. The van der Waals surface area contributed by atoms with Crippen molar-refractivity contribution in [2.45, 2.75) is 322 Å². The van der Waals surface area contributed by atoms with E-state index >= 15 is 0 Å². The minimum Gasteiger partial charge on any atom is -0.462 e. The van der Waals surface area contributed by atoms with Crippen LogP contribution in [0.4, 0.5) is 0 Å². The molecule has 422 valence electrons. The number of hydrogen-bond donors (Lipinski definition) is 0. The Morgan fingerprint density at radius 3 is 0.849 bits per heavy atom. The highest BCUT2D eigenvalue weighted by molar-refractivity contribution is 5.71. The Morgan fingerprint density at radius 1 is 0.274 bits per heavy atom. The molecule has 0 rings (SSSR count). The molecule has 0 aliphatic rings. The molecule has 1 atom stereocenters. The molecule has 0 aliphatic heterocycles. The lowest BCUT2D eigenvalue weighted by Gasteiger charge is -2.18. The number of rotatable bonds is 57. The highest BCUT2D eigenvalue weighted by Crippen LogP contribution is 2.16. The van der Waals surface area contributed by atoms with Gasteiger partial charge in [-0.1, -0.05) is 261 Å². The maximum Gasteiger partial charge on any atom is 0.306 e. The second-order valence-corrected chi connectivity index (χ2v) is 21.0. The highest BCUT2D eigenvalue weighted by atomic mass is 16.6. The summed E-state index contributed by atoms with van der Waals surface area (Å²) in [7, 11) is 0. The highest BCUT2D eigenvalue weighted by Gasteiger charge is 2.19. The summed E-state index contributed by atoms with van der Waals surface area (Å²) in [5, 5.41) is 0. The van der Waals surface area contributed by atoms with E-state index in [-0.39, 0.29) is 31.1 Å². The third-order valence-corrected chi connectivity index (χ3v) is 13.6. The van der Waals surface area contributed by atoms with Gasteiger partial charge in [-0.3, -0.25) is 14.4 Å². The number of allylic oxidation sites excluding steroid dienone is 12. The van der Waals surface area contributed by atoms with Crippen LogP contribution in [0.25, 0.3) is 0 Å². The second-order valence-electron chi connectivity index (χ2n) is 21.0. The lowest BCUT2D eigenvalue weighted by Crippen LogP contribution is -2.30. The predicted octanol–water partition coefficient (Wildman–Crippen LogP) is 21.3. The van der Waals surface area contributed by atoms with Gasteiger partial charge in [0.15, 0.2) is 6.10 Å². The van der Waals surface area contributed by atoms with Gasteiger partial charge in [-0.05, 0) is 109 Å². The largest absolute Gasteiger partial charge is 0.462 e. The number of carbonyl (C=O) groups excluding carboxylic acids is 3. The van der Waals surface area contributed by atoms with E-state index in [1.54, 1.807) is 0 Å². The Balaban J connectivity index is 4.19. The van der Waals surface area contributed by atoms with Gasteiger partial charge in [0.05, 0.1) is 0 Å². The smallest absolute Gasteiger partial charge is 0.306 e. The number of carbonyl (C=O) groups is 3. The molecule has 0 spiro atoms. The average molecular weight is 1020 g/mol. The van der Waals surface area contributed by atoms with Gasteiger partial charge in [0.2, 0.25) is 0 Å². The van der Waals surface area contributed by atoms with Crippen LogP contribution in [0.2, 0.25) is 0 Å². The van der Waals surface area contributed by atoms with Crippen LogP contribution in [0.15, 0.2) is 72.9 Å². The first-order chi connectivity index (χ1) is 36.0. The van der Waals surface area contributed by atoms with Gasteiger partial charge < -0.3 is 14.2 Å². The standard InChI is InChI=1S/C67H118O6/c1-4-7-10-13-16-19-22-25-26-27-28-29-30-31-32-33-34-35-36-37-38-39-40-43-45-48-51-54-57-60-66(69)72-63-64(73-67(70)61-58-55-52-49-46-42-24-21-18-15-12-9-6-3)62-71-65(68)59-56-53-50-47-44-41-23-20-17-14-11-8-5-2/h12,15,20-25,27-28,30-31,64H,4-11,13-14,16-19,26,29,32-63H2,1-3H3/b15-12-,23-20-,24-21-,25-22-,28-27-,31-30-. The van der Waals surface area contributed by atoms with E-state index in [2.05, 4.69) is 93.7 Å². The van der Waals surface area contributed by atoms with E-state index in [9.17, 15) is 14.4 Å². The van der Waals surface area contributed by atoms with E-state index in [4.69, 9.17) is 14.2 Å². The fraction of sp³-hybridized carbons (Fsp3) is 0.776. The first kappa shape index (κ1) is 69.8. The van der Waals surface area contributed by atoms with E-state index in [1.165, 1.54) is 167 Å². The third kappa shape index (κ3) is 59.6. The van der Waals surface area contributed by atoms with Crippen molar-refractivity contribution >= 4 is 17.9 Å². The van der Waals surface area contributed by atoms with Gasteiger partial charge in [-0.2, -0.15) is 0 Å². The summed E-state index contributed by atoms with van der Waals surface area (Å²) < 4.78 is 16.9. The summed E-state index contributed by atoms with van der Waals surface area (Å²) in [6.45, 7) is 6.55. The monoisotopic (exact) mass is 1020 g/mol. The molecule has 0 heterocycles. The van der Waals surface area contributed by atoms with Crippen LogP contribution in [0.5, 0.6) is 0 Å². The lowest BCUT2D eigenvalue weighted by molar-refractivity contribution is -0.167. The van der Waals surface area contributed by atoms with E-state index in [0.717, 1.165) is 109 Å². The summed E-state index contributed by atoms with van der Waals surface area (Å²) in [5.74, 6) is -0.896. The molecule has 73 heavy (non-hydrogen) atoms. The zero-order chi connectivity index (χ0) is 52.9. The Labute approximate surface area is 453 Å². The lowest BCUT2D eigenvalue weighted by atomic mass is 10.0. The van der Waals surface area contributed by atoms with Crippen LogP contribution in [-0.2, 0) is 28.6 Å². The molecule has 0 fully saturated rings. The fourth-order valence-electron chi connectivity index (χ4n) is 8.90. The van der Waals surface area contributed by atoms with Crippen molar-refractivity contribution < 1.29 is 28.6 Å². The Morgan fingerprint density at radius 2 is 0.521 bits per heavy atom. The molecule has 0 bridgehead atoms. The van der Waals surface area contributed by atoms with Crippen LogP contribution in [0.1, 0.15) is 316 Å². The maximum atomic E-state index is 12.8. The number of unbranched alkanes of at least 4 members (excludes halogenated alkanes) is 34. The van der Waals surface area contributed by atoms with Crippen molar-refractivity contribution in [3.05, 3.63) is 72.9 Å². The second kappa shape index (κ2) is 61.4. The quantitative estimate of drug-likeness (QED) is 0.0261.